The van der Waals surface area contributed by atoms with Crippen LogP contribution < -0.4 is 19.1 Å². The van der Waals surface area contributed by atoms with Gasteiger partial charge in [-0.1, -0.05) is 11.6 Å². The van der Waals surface area contributed by atoms with Crippen LogP contribution in [0.2, 0.25) is 5.02 Å². The topological polar surface area (TPSA) is 84.9 Å². The second kappa shape index (κ2) is 6.56. The van der Waals surface area contributed by atoms with Gasteiger partial charge in [0.05, 0.1) is 25.6 Å². The zero-order valence-corrected chi connectivity index (χ0v) is 16.9. The molecule has 1 aliphatic carbocycles. The van der Waals surface area contributed by atoms with Crippen molar-refractivity contribution >= 4 is 38.9 Å². The van der Waals surface area contributed by atoms with Gasteiger partial charge in [-0.3, -0.25) is 9.10 Å². The Bertz CT molecular complexity index is 1040. The first-order chi connectivity index (χ1) is 13.3. The lowest BCUT2D eigenvalue weighted by Gasteiger charge is -2.23. The molecule has 148 valence electrons. The summed E-state index contributed by atoms with van der Waals surface area (Å²) in [4.78, 5) is 13.0. The van der Waals surface area contributed by atoms with E-state index >= 15 is 0 Å². The van der Waals surface area contributed by atoms with Gasteiger partial charge < -0.3 is 14.8 Å². The number of hydrogen-bond donors (Lipinski definition) is 1. The molecule has 2 fully saturated rings. The normalized spacial score (nSPS) is 24.4. The Kier molecular flexibility index (Phi) is 4.43. The van der Waals surface area contributed by atoms with Crippen molar-refractivity contribution < 1.29 is 22.7 Å². The lowest BCUT2D eigenvalue weighted by atomic mass is 10.2. The van der Waals surface area contributed by atoms with Crippen molar-refractivity contribution in [2.24, 2.45) is 5.92 Å². The second-order valence-corrected chi connectivity index (χ2v) is 9.38. The standard InChI is InChI=1S/C19H19ClN2O5S/c1-26-15-7-8-16(17(9-15)27-2)21-18(23)19-10-12(19)11-22(28(19,24)25)14-5-3-13(20)4-6-14/h3-9,12H,10-11H2,1-2H3,(H,21,23)/t12-,19+/m0/s1. The van der Waals surface area contributed by atoms with Crippen LogP contribution in [0.4, 0.5) is 11.4 Å². The number of carbonyl (C=O) groups is 1. The lowest BCUT2D eigenvalue weighted by Crippen LogP contribution is -2.42. The summed E-state index contributed by atoms with van der Waals surface area (Å²) in [5.41, 5.74) is 0.902. The van der Waals surface area contributed by atoms with Gasteiger partial charge in [-0.05, 0) is 42.8 Å². The SMILES string of the molecule is COc1ccc(NC(=O)[C@@]23C[C@H]2CN(c2ccc(Cl)cc2)S3(=O)=O)c(OC)c1. The van der Waals surface area contributed by atoms with Crippen LogP contribution in [0.5, 0.6) is 11.5 Å². The quantitative estimate of drug-likeness (QED) is 0.800. The van der Waals surface area contributed by atoms with Crippen LogP contribution >= 0.6 is 11.6 Å². The number of anilines is 2. The highest BCUT2D eigenvalue weighted by Gasteiger charge is 2.75. The molecule has 1 aliphatic heterocycles. The van der Waals surface area contributed by atoms with E-state index in [1.807, 2.05) is 0 Å². The molecule has 2 aromatic carbocycles. The molecule has 0 unspecified atom stereocenters. The molecule has 2 atom stereocenters. The van der Waals surface area contributed by atoms with Crippen LogP contribution in [-0.2, 0) is 14.8 Å². The first-order valence-corrected chi connectivity index (χ1v) is 10.5. The molecule has 1 heterocycles. The summed E-state index contributed by atoms with van der Waals surface area (Å²) in [6, 6.07) is 11.5. The van der Waals surface area contributed by atoms with Crippen LogP contribution in [0.25, 0.3) is 0 Å². The van der Waals surface area contributed by atoms with E-state index < -0.39 is 20.7 Å². The maximum atomic E-state index is 13.2. The summed E-state index contributed by atoms with van der Waals surface area (Å²) in [7, 11) is -0.864. The number of nitrogens with zero attached hydrogens (tertiary/aromatic N) is 1. The third kappa shape index (κ3) is 2.70. The lowest BCUT2D eigenvalue weighted by molar-refractivity contribution is -0.116. The highest BCUT2D eigenvalue weighted by atomic mass is 35.5. The fraction of sp³-hybridized carbons (Fsp3) is 0.316. The van der Waals surface area contributed by atoms with E-state index in [1.165, 1.54) is 18.5 Å². The van der Waals surface area contributed by atoms with Crippen molar-refractivity contribution in [3.05, 3.63) is 47.5 Å². The molecule has 2 aromatic rings. The number of benzene rings is 2. The highest BCUT2D eigenvalue weighted by molar-refractivity contribution is 7.95. The van der Waals surface area contributed by atoms with Gasteiger partial charge in [-0.25, -0.2) is 8.42 Å². The Morgan fingerprint density at radius 3 is 2.54 bits per heavy atom. The molecule has 4 rings (SSSR count). The minimum atomic E-state index is -3.86. The van der Waals surface area contributed by atoms with E-state index in [9.17, 15) is 13.2 Å². The summed E-state index contributed by atoms with van der Waals surface area (Å²) in [5.74, 6) is 0.167. The van der Waals surface area contributed by atoms with Crippen molar-refractivity contribution in [1.82, 2.24) is 0 Å². The van der Waals surface area contributed by atoms with E-state index in [0.29, 0.717) is 34.3 Å². The zero-order valence-electron chi connectivity index (χ0n) is 15.3. The van der Waals surface area contributed by atoms with Crippen LogP contribution in [0, 0.1) is 5.92 Å². The molecule has 0 bridgehead atoms. The Balaban J connectivity index is 1.61. The average molecular weight is 423 g/mol. The fourth-order valence-corrected chi connectivity index (χ4v) is 6.19. The minimum Gasteiger partial charge on any atom is -0.497 e. The second-order valence-electron chi connectivity index (χ2n) is 6.82. The fourth-order valence-electron chi connectivity index (χ4n) is 3.71. The maximum Gasteiger partial charge on any atom is 0.250 e. The van der Waals surface area contributed by atoms with E-state index in [-0.39, 0.29) is 12.5 Å². The van der Waals surface area contributed by atoms with E-state index in [2.05, 4.69) is 5.32 Å². The van der Waals surface area contributed by atoms with E-state index in [1.54, 1.807) is 42.5 Å². The van der Waals surface area contributed by atoms with Gasteiger partial charge in [0.25, 0.3) is 0 Å². The molecule has 1 amide bonds. The molecule has 0 spiro atoms. The van der Waals surface area contributed by atoms with Gasteiger partial charge in [0.1, 0.15) is 11.5 Å². The number of hydrogen-bond acceptors (Lipinski definition) is 5. The average Bonchev–Trinajstić information content (AvgIpc) is 3.38. The van der Waals surface area contributed by atoms with Gasteiger partial charge >= 0.3 is 0 Å². The first kappa shape index (κ1) is 18.9. The number of sulfonamides is 1. The molecule has 9 heteroatoms. The summed E-state index contributed by atoms with van der Waals surface area (Å²) in [6.45, 7) is 0.275. The molecule has 28 heavy (non-hydrogen) atoms. The molecule has 1 saturated carbocycles. The largest absolute Gasteiger partial charge is 0.497 e. The predicted molar refractivity (Wildman–Crippen MR) is 107 cm³/mol. The molecule has 0 radical (unpaired) electrons. The molecular formula is C19H19ClN2O5S. The Morgan fingerprint density at radius 1 is 1.18 bits per heavy atom. The van der Waals surface area contributed by atoms with Crippen LogP contribution in [-0.4, -0.2) is 39.8 Å². The number of fused-ring (bicyclic) bond motifs is 1. The van der Waals surface area contributed by atoms with Gasteiger partial charge in [-0.2, -0.15) is 0 Å². The molecule has 1 saturated heterocycles. The maximum absolute atomic E-state index is 13.2. The molecule has 0 aromatic heterocycles. The van der Waals surface area contributed by atoms with Gasteiger partial charge in [-0.15, -0.1) is 0 Å². The van der Waals surface area contributed by atoms with Crippen molar-refractivity contribution in [3.8, 4) is 11.5 Å². The number of amides is 1. The summed E-state index contributed by atoms with van der Waals surface area (Å²) < 4.78 is 36.7. The van der Waals surface area contributed by atoms with Crippen molar-refractivity contribution in [2.45, 2.75) is 11.2 Å². The molecular weight excluding hydrogens is 404 g/mol. The Morgan fingerprint density at radius 2 is 1.89 bits per heavy atom. The molecule has 1 N–H and O–H groups in total. The minimum absolute atomic E-state index is 0.252. The number of nitrogens with one attached hydrogen (secondary N) is 1. The van der Waals surface area contributed by atoms with Crippen molar-refractivity contribution in [1.29, 1.82) is 0 Å². The van der Waals surface area contributed by atoms with Gasteiger partial charge in [0.2, 0.25) is 15.9 Å². The summed E-state index contributed by atoms with van der Waals surface area (Å²) >= 11 is 5.89. The number of rotatable bonds is 5. The van der Waals surface area contributed by atoms with Crippen molar-refractivity contribution in [3.63, 3.8) is 0 Å². The Hall–Kier alpha value is -2.45. The molecule has 7 nitrogen and oxygen atoms in total. The number of methoxy groups -OCH3 is 2. The van der Waals surface area contributed by atoms with Crippen LogP contribution in [0.1, 0.15) is 6.42 Å². The van der Waals surface area contributed by atoms with Crippen LogP contribution in [0.3, 0.4) is 0 Å². The summed E-state index contributed by atoms with van der Waals surface area (Å²) in [5, 5.41) is 3.25. The number of carbonyl (C=O) groups excluding carboxylic acids is 1. The van der Waals surface area contributed by atoms with Crippen LogP contribution in [0.15, 0.2) is 42.5 Å². The van der Waals surface area contributed by atoms with Gasteiger partial charge in [0.15, 0.2) is 4.75 Å². The van der Waals surface area contributed by atoms with Crippen molar-refractivity contribution in [2.75, 3.05) is 30.4 Å². The van der Waals surface area contributed by atoms with Gasteiger partial charge in [0, 0.05) is 23.6 Å². The third-order valence-electron chi connectivity index (χ3n) is 5.34. The monoisotopic (exact) mass is 422 g/mol. The number of ether oxygens (including phenoxy) is 2. The number of halogens is 1. The first-order valence-electron chi connectivity index (χ1n) is 8.65. The summed E-state index contributed by atoms with van der Waals surface area (Å²) in [6.07, 6.45) is 0.309. The van der Waals surface area contributed by atoms with E-state index in [4.69, 9.17) is 21.1 Å². The highest BCUT2D eigenvalue weighted by Crippen LogP contribution is 2.58. The predicted octanol–water partition coefficient (Wildman–Crippen LogP) is 2.90. The van der Waals surface area contributed by atoms with E-state index in [0.717, 1.165) is 0 Å². The Labute approximate surface area is 168 Å². The molecule has 2 aliphatic rings. The zero-order chi connectivity index (χ0) is 20.1. The third-order valence-corrected chi connectivity index (χ3v) is 8.14. The smallest absolute Gasteiger partial charge is 0.250 e.